The number of amides is 2. The summed E-state index contributed by atoms with van der Waals surface area (Å²) < 4.78 is 12.9. The van der Waals surface area contributed by atoms with Crippen molar-refractivity contribution in [1.29, 1.82) is 0 Å². The molecule has 0 unspecified atom stereocenters. The lowest BCUT2D eigenvalue weighted by atomic mass is 10.0. The molecule has 0 saturated carbocycles. The van der Waals surface area contributed by atoms with Crippen molar-refractivity contribution in [3.05, 3.63) is 29.0 Å². The van der Waals surface area contributed by atoms with Gasteiger partial charge in [-0.05, 0) is 44.0 Å². The van der Waals surface area contributed by atoms with Crippen LogP contribution in [0.5, 0.6) is 0 Å². The third kappa shape index (κ3) is 5.64. The minimum atomic E-state index is -0.444. The smallest absolute Gasteiger partial charge is 0.319 e. The van der Waals surface area contributed by atoms with Crippen molar-refractivity contribution in [3.63, 3.8) is 0 Å². The van der Waals surface area contributed by atoms with Crippen molar-refractivity contribution in [2.24, 2.45) is 0 Å². The first kappa shape index (κ1) is 18.0. The second kappa shape index (κ2) is 9.05. The Balaban J connectivity index is 1.68. The quantitative estimate of drug-likeness (QED) is 0.696. The van der Waals surface area contributed by atoms with Gasteiger partial charge in [0.15, 0.2) is 0 Å². The minimum Gasteiger partial charge on any atom is -0.395 e. The van der Waals surface area contributed by atoms with Crippen molar-refractivity contribution in [2.45, 2.75) is 31.7 Å². The van der Waals surface area contributed by atoms with Gasteiger partial charge in [0.25, 0.3) is 0 Å². The Kier molecular flexibility index (Phi) is 7.08. The fraction of sp³-hybridized carbons (Fsp3) is 0.562. The Hall–Kier alpha value is -1.37. The van der Waals surface area contributed by atoms with E-state index in [0.717, 1.165) is 38.4 Å². The number of urea groups is 1. The maximum atomic E-state index is 12.9. The third-order valence-electron chi connectivity index (χ3n) is 4.05. The molecule has 1 aliphatic heterocycles. The van der Waals surface area contributed by atoms with Gasteiger partial charge in [0.05, 0.1) is 17.3 Å². The van der Waals surface area contributed by atoms with E-state index in [1.807, 2.05) is 0 Å². The molecule has 1 saturated heterocycles. The zero-order chi connectivity index (χ0) is 16.7. The Morgan fingerprint density at radius 2 is 2.26 bits per heavy atom. The lowest BCUT2D eigenvalue weighted by Crippen LogP contribution is -2.43. The van der Waals surface area contributed by atoms with Gasteiger partial charge in [-0.25, -0.2) is 9.18 Å². The van der Waals surface area contributed by atoms with Gasteiger partial charge in [0.1, 0.15) is 5.82 Å². The molecule has 1 aromatic carbocycles. The van der Waals surface area contributed by atoms with Crippen LogP contribution in [0.25, 0.3) is 0 Å². The summed E-state index contributed by atoms with van der Waals surface area (Å²) in [6.07, 6.45) is 4.17. The first-order valence-corrected chi connectivity index (χ1v) is 8.33. The maximum absolute atomic E-state index is 12.9. The fourth-order valence-corrected chi connectivity index (χ4v) is 3.02. The average Bonchev–Trinajstić information content (AvgIpc) is 2.54. The number of hydrogen-bond donors (Lipinski definition) is 3. The Bertz CT molecular complexity index is 530. The number of benzene rings is 1. The van der Waals surface area contributed by atoms with Crippen LogP contribution in [-0.2, 0) is 0 Å². The molecule has 1 aromatic rings. The van der Waals surface area contributed by atoms with E-state index in [4.69, 9.17) is 11.6 Å². The highest BCUT2D eigenvalue weighted by atomic mass is 35.5. The van der Waals surface area contributed by atoms with E-state index < -0.39 is 5.82 Å². The van der Waals surface area contributed by atoms with E-state index in [9.17, 15) is 14.3 Å². The van der Waals surface area contributed by atoms with Crippen LogP contribution in [0.1, 0.15) is 25.7 Å². The molecule has 0 spiro atoms. The van der Waals surface area contributed by atoms with Crippen LogP contribution in [0.2, 0.25) is 5.02 Å². The zero-order valence-electron chi connectivity index (χ0n) is 13.0. The van der Waals surface area contributed by atoms with Crippen LogP contribution < -0.4 is 10.6 Å². The molecule has 1 atom stereocenters. The number of aliphatic hydroxyl groups is 1. The van der Waals surface area contributed by atoms with E-state index in [1.165, 1.54) is 18.6 Å². The monoisotopic (exact) mass is 343 g/mol. The second-order valence-corrected chi connectivity index (χ2v) is 6.13. The first-order chi connectivity index (χ1) is 11.1. The SMILES string of the molecule is O=C(NCCCN1CCCC[C@H]1CO)Nc1ccc(F)cc1Cl. The van der Waals surface area contributed by atoms with E-state index in [0.29, 0.717) is 12.2 Å². The summed E-state index contributed by atoms with van der Waals surface area (Å²) in [4.78, 5) is 14.1. The number of aliphatic hydroxyl groups excluding tert-OH is 1. The molecule has 23 heavy (non-hydrogen) atoms. The van der Waals surface area contributed by atoms with Crippen LogP contribution in [0.15, 0.2) is 18.2 Å². The van der Waals surface area contributed by atoms with Gasteiger partial charge < -0.3 is 15.7 Å². The fourth-order valence-electron chi connectivity index (χ4n) is 2.80. The molecule has 2 rings (SSSR count). The predicted octanol–water partition coefficient (Wildman–Crippen LogP) is 2.84. The first-order valence-electron chi connectivity index (χ1n) is 7.95. The topological polar surface area (TPSA) is 64.6 Å². The summed E-state index contributed by atoms with van der Waals surface area (Å²) in [6.45, 7) is 2.57. The van der Waals surface area contributed by atoms with Gasteiger partial charge in [-0.1, -0.05) is 18.0 Å². The Labute approximate surface area is 140 Å². The number of carbonyl (C=O) groups is 1. The highest BCUT2D eigenvalue weighted by molar-refractivity contribution is 6.33. The van der Waals surface area contributed by atoms with Crippen LogP contribution in [-0.4, -0.2) is 48.3 Å². The van der Waals surface area contributed by atoms with Crippen molar-refractivity contribution in [2.75, 3.05) is 31.6 Å². The number of piperidine rings is 1. The van der Waals surface area contributed by atoms with Gasteiger partial charge >= 0.3 is 6.03 Å². The normalized spacial score (nSPS) is 18.7. The molecule has 0 radical (unpaired) electrons. The molecule has 1 aliphatic rings. The van der Waals surface area contributed by atoms with Crippen LogP contribution >= 0.6 is 11.6 Å². The van der Waals surface area contributed by atoms with Crippen molar-refractivity contribution in [1.82, 2.24) is 10.2 Å². The standard InChI is InChI=1S/C16H23ClFN3O2/c17-14-10-12(18)5-6-15(14)20-16(23)19-7-3-9-21-8-2-1-4-13(21)11-22/h5-6,10,13,22H,1-4,7-9,11H2,(H2,19,20,23)/t13-/m0/s1. The van der Waals surface area contributed by atoms with Gasteiger partial charge in [0.2, 0.25) is 0 Å². The minimum absolute atomic E-state index is 0.166. The van der Waals surface area contributed by atoms with Crippen molar-refractivity contribution < 1.29 is 14.3 Å². The number of nitrogens with one attached hydrogen (secondary N) is 2. The molecule has 0 aromatic heterocycles. The largest absolute Gasteiger partial charge is 0.395 e. The van der Waals surface area contributed by atoms with Gasteiger partial charge in [-0.3, -0.25) is 4.90 Å². The van der Waals surface area contributed by atoms with E-state index in [1.54, 1.807) is 0 Å². The number of likely N-dealkylation sites (tertiary alicyclic amines) is 1. The third-order valence-corrected chi connectivity index (χ3v) is 4.36. The van der Waals surface area contributed by atoms with E-state index in [-0.39, 0.29) is 23.7 Å². The number of nitrogens with zero attached hydrogens (tertiary/aromatic N) is 1. The number of hydrogen-bond acceptors (Lipinski definition) is 3. The average molecular weight is 344 g/mol. The van der Waals surface area contributed by atoms with E-state index >= 15 is 0 Å². The molecule has 0 aliphatic carbocycles. The number of carbonyl (C=O) groups excluding carboxylic acids is 1. The molecule has 1 heterocycles. The highest BCUT2D eigenvalue weighted by Gasteiger charge is 2.20. The second-order valence-electron chi connectivity index (χ2n) is 5.73. The molecular formula is C16H23ClFN3O2. The van der Waals surface area contributed by atoms with Crippen LogP contribution in [0.3, 0.4) is 0 Å². The molecule has 1 fully saturated rings. The summed E-state index contributed by atoms with van der Waals surface area (Å²) in [7, 11) is 0. The van der Waals surface area contributed by atoms with Gasteiger partial charge in [-0.15, -0.1) is 0 Å². The molecule has 0 bridgehead atoms. The summed E-state index contributed by atoms with van der Waals surface area (Å²) in [5.41, 5.74) is 0.377. The number of rotatable bonds is 6. The summed E-state index contributed by atoms with van der Waals surface area (Å²) in [5.74, 6) is -0.444. The Morgan fingerprint density at radius 1 is 1.43 bits per heavy atom. The molecule has 2 amide bonds. The summed E-state index contributed by atoms with van der Waals surface area (Å²) >= 11 is 5.86. The van der Waals surface area contributed by atoms with Gasteiger partial charge in [0, 0.05) is 19.1 Å². The highest BCUT2D eigenvalue weighted by Crippen LogP contribution is 2.22. The molecule has 3 N–H and O–H groups in total. The van der Waals surface area contributed by atoms with Crippen LogP contribution in [0, 0.1) is 5.82 Å². The zero-order valence-corrected chi connectivity index (χ0v) is 13.8. The number of halogens is 2. The van der Waals surface area contributed by atoms with Gasteiger partial charge in [-0.2, -0.15) is 0 Å². The summed E-state index contributed by atoms with van der Waals surface area (Å²) in [6, 6.07) is 3.71. The Morgan fingerprint density at radius 3 is 3.00 bits per heavy atom. The van der Waals surface area contributed by atoms with Crippen LogP contribution in [0.4, 0.5) is 14.9 Å². The molecule has 5 nitrogen and oxygen atoms in total. The van der Waals surface area contributed by atoms with Crippen molar-refractivity contribution in [3.8, 4) is 0 Å². The molecular weight excluding hydrogens is 321 g/mol. The molecule has 7 heteroatoms. The maximum Gasteiger partial charge on any atom is 0.319 e. The molecule has 128 valence electrons. The van der Waals surface area contributed by atoms with Crippen molar-refractivity contribution >= 4 is 23.3 Å². The lowest BCUT2D eigenvalue weighted by molar-refractivity contribution is 0.0894. The number of anilines is 1. The summed E-state index contributed by atoms with van der Waals surface area (Å²) in [5, 5.41) is 14.9. The lowest BCUT2D eigenvalue weighted by Gasteiger charge is -2.34. The predicted molar refractivity (Wildman–Crippen MR) is 89.3 cm³/mol. The van der Waals surface area contributed by atoms with E-state index in [2.05, 4.69) is 15.5 Å².